The Morgan fingerprint density at radius 2 is 1.95 bits per heavy atom. The normalized spacial score (nSPS) is 21.0. The third-order valence-corrected chi connectivity index (χ3v) is 4.20. The molecule has 1 aliphatic rings. The number of rotatable bonds is 2. The van der Waals surface area contributed by atoms with Gasteiger partial charge in [-0.1, -0.05) is 23.7 Å². The van der Waals surface area contributed by atoms with E-state index in [0.717, 1.165) is 17.5 Å². The average molecular weight is 294 g/mol. The Morgan fingerprint density at radius 1 is 1.15 bits per heavy atom. The van der Waals surface area contributed by atoms with Crippen LogP contribution in [0.15, 0.2) is 36.4 Å². The van der Waals surface area contributed by atoms with Crippen LogP contribution >= 0.6 is 11.6 Å². The lowest BCUT2D eigenvalue weighted by Gasteiger charge is -2.26. The smallest absolute Gasteiger partial charge is 0.127 e. The van der Waals surface area contributed by atoms with Gasteiger partial charge in [-0.25, -0.2) is 8.78 Å². The molecule has 0 saturated heterocycles. The van der Waals surface area contributed by atoms with E-state index in [1.54, 1.807) is 18.2 Å². The third kappa shape index (κ3) is 2.32. The van der Waals surface area contributed by atoms with Crippen molar-refractivity contribution in [3.63, 3.8) is 0 Å². The molecular weight excluding hydrogens is 280 g/mol. The molecule has 1 nitrogen and oxygen atoms in total. The van der Waals surface area contributed by atoms with E-state index in [4.69, 9.17) is 17.3 Å². The molecule has 104 valence electrons. The lowest BCUT2D eigenvalue weighted by Crippen LogP contribution is -2.36. The Hall–Kier alpha value is -1.45. The summed E-state index contributed by atoms with van der Waals surface area (Å²) in [5.74, 6) is -0.608. The maximum Gasteiger partial charge on any atom is 0.127 e. The molecule has 0 aromatic heterocycles. The van der Waals surface area contributed by atoms with E-state index in [2.05, 4.69) is 0 Å². The second kappa shape index (κ2) is 4.83. The van der Waals surface area contributed by atoms with E-state index < -0.39 is 5.54 Å². The highest BCUT2D eigenvalue weighted by molar-refractivity contribution is 6.30. The molecular formula is C16H14ClF2N. The zero-order valence-electron chi connectivity index (χ0n) is 10.8. The van der Waals surface area contributed by atoms with E-state index in [-0.39, 0.29) is 11.6 Å². The zero-order valence-corrected chi connectivity index (χ0v) is 11.6. The van der Waals surface area contributed by atoms with Crippen molar-refractivity contribution in [3.05, 3.63) is 69.7 Å². The number of hydrogen-bond acceptors (Lipinski definition) is 1. The first-order valence-electron chi connectivity index (χ1n) is 6.50. The van der Waals surface area contributed by atoms with Crippen molar-refractivity contribution >= 4 is 11.6 Å². The fraction of sp³-hybridized carbons (Fsp3) is 0.250. The van der Waals surface area contributed by atoms with Crippen molar-refractivity contribution in [2.24, 2.45) is 5.73 Å². The van der Waals surface area contributed by atoms with Crippen LogP contribution in [-0.4, -0.2) is 0 Å². The van der Waals surface area contributed by atoms with Gasteiger partial charge in [0.05, 0.1) is 0 Å². The van der Waals surface area contributed by atoms with Gasteiger partial charge >= 0.3 is 0 Å². The van der Waals surface area contributed by atoms with Gasteiger partial charge in [0.2, 0.25) is 0 Å². The molecule has 0 bridgehead atoms. The van der Waals surface area contributed by atoms with Crippen molar-refractivity contribution in [2.75, 3.05) is 0 Å². The van der Waals surface area contributed by atoms with Crippen molar-refractivity contribution in [1.29, 1.82) is 0 Å². The second-order valence-corrected chi connectivity index (χ2v) is 5.81. The third-order valence-electron chi connectivity index (χ3n) is 3.97. The summed E-state index contributed by atoms with van der Waals surface area (Å²) in [5, 5.41) is 0.367. The fourth-order valence-electron chi connectivity index (χ4n) is 2.94. The molecule has 0 aliphatic heterocycles. The van der Waals surface area contributed by atoms with Crippen molar-refractivity contribution in [3.8, 4) is 0 Å². The minimum atomic E-state index is -0.641. The quantitative estimate of drug-likeness (QED) is 0.891. The van der Waals surface area contributed by atoms with Crippen LogP contribution in [0, 0.1) is 11.6 Å². The van der Waals surface area contributed by atoms with Gasteiger partial charge in [-0.2, -0.15) is 0 Å². The lowest BCUT2D eigenvalue weighted by atomic mass is 9.86. The maximum absolute atomic E-state index is 13.9. The fourth-order valence-corrected chi connectivity index (χ4v) is 3.09. The molecule has 1 atom stereocenters. The summed E-state index contributed by atoms with van der Waals surface area (Å²) in [6.07, 6.45) is 1.79. The molecule has 1 aliphatic carbocycles. The summed E-state index contributed by atoms with van der Waals surface area (Å²) >= 11 is 5.75. The molecule has 0 radical (unpaired) electrons. The highest BCUT2D eigenvalue weighted by Crippen LogP contribution is 2.38. The monoisotopic (exact) mass is 293 g/mol. The molecule has 3 rings (SSSR count). The molecule has 0 spiro atoms. The van der Waals surface area contributed by atoms with Crippen LogP contribution in [-0.2, 0) is 18.4 Å². The van der Waals surface area contributed by atoms with Gasteiger partial charge in [-0.3, -0.25) is 0 Å². The van der Waals surface area contributed by atoms with E-state index in [9.17, 15) is 8.78 Å². The average Bonchev–Trinajstić information content (AvgIpc) is 2.70. The summed E-state index contributed by atoms with van der Waals surface area (Å²) in [4.78, 5) is 0. The molecule has 4 heteroatoms. The molecule has 20 heavy (non-hydrogen) atoms. The summed E-state index contributed by atoms with van der Waals surface area (Å²) < 4.78 is 27.1. The van der Waals surface area contributed by atoms with E-state index in [1.165, 1.54) is 18.2 Å². The highest BCUT2D eigenvalue weighted by atomic mass is 35.5. The van der Waals surface area contributed by atoms with Gasteiger partial charge in [-0.05, 0) is 60.2 Å². The molecule has 0 saturated carbocycles. The van der Waals surface area contributed by atoms with Crippen LogP contribution in [0.3, 0.4) is 0 Å². The molecule has 1 unspecified atom stereocenters. The van der Waals surface area contributed by atoms with Crippen LogP contribution in [0.4, 0.5) is 8.78 Å². The molecule has 2 aromatic rings. The first-order valence-corrected chi connectivity index (χ1v) is 6.87. The predicted octanol–water partition coefficient (Wildman–Crippen LogP) is 3.96. The SMILES string of the molecule is NC1(Cc2ccc(Cl)cc2F)CCc2cc(F)ccc21. The van der Waals surface area contributed by atoms with E-state index in [1.807, 2.05) is 0 Å². The van der Waals surface area contributed by atoms with Crippen LogP contribution in [0.1, 0.15) is 23.1 Å². The standard InChI is InChI=1S/C16H14ClF2N/c17-12-2-1-11(15(19)8-12)9-16(20)6-5-10-7-13(18)3-4-14(10)16/h1-4,7-8H,5-6,9,20H2. The Balaban J connectivity index is 1.96. The summed E-state index contributed by atoms with van der Waals surface area (Å²) in [6, 6.07) is 9.25. The topological polar surface area (TPSA) is 26.0 Å². The Labute approximate surface area is 121 Å². The van der Waals surface area contributed by atoms with E-state index >= 15 is 0 Å². The largest absolute Gasteiger partial charge is 0.321 e. The Morgan fingerprint density at radius 3 is 2.70 bits per heavy atom. The zero-order chi connectivity index (χ0) is 14.3. The minimum Gasteiger partial charge on any atom is -0.321 e. The molecule has 0 heterocycles. The van der Waals surface area contributed by atoms with Gasteiger partial charge in [-0.15, -0.1) is 0 Å². The van der Waals surface area contributed by atoms with Crippen LogP contribution in [0.25, 0.3) is 0 Å². The molecule has 2 N–H and O–H groups in total. The second-order valence-electron chi connectivity index (χ2n) is 5.37. The van der Waals surface area contributed by atoms with Gasteiger partial charge in [0.15, 0.2) is 0 Å². The van der Waals surface area contributed by atoms with Gasteiger partial charge in [0.25, 0.3) is 0 Å². The lowest BCUT2D eigenvalue weighted by molar-refractivity contribution is 0.429. The number of hydrogen-bond donors (Lipinski definition) is 1. The molecule has 2 aromatic carbocycles. The van der Waals surface area contributed by atoms with Gasteiger partial charge < -0.3 is 5.73 Å². The van der Waals surface area contributed by atoms with Crippen molar-refractivity contribution in [2.45, 2.75) is 24.8 Å². The van der Waals surface area contributed by atoms with Crippen molar-refractivity contribution in [1.82, 2.24) is 0 Å². The van der Waals surface area contributed by atoms with Crippen molar-refractivity contribution < 1.29 is 8.78 Å². The predicted molar refractivity (Wildman–Crippen MR) is 75.7 cm³/mol. The first-order chi connectivity index (χ1) is 9.48. The number of aryl methyl sites for hydroxylation is 1. The maximum atomic E-state index is 13.9. The Kier molecular flexibility index (Phi) is 3.27. The van der Waals surface area contributed by atoms with E-state index in [0.29, 0.717) is 23.4 Å². The minimum absolute atomic E-state index is 0.259. The molecule has 0 fully saturated rings. The summed E-state index contributed by atoms with van der Waals surface area (Å²) in [5.41, 5.74) is 8.16. The van der Waals surface area contributed by atoms with Crippen LogP contribution in [0.2, 0.25) is 5.02 Å². The van der Waals surface area contributed by atoms with Crippen LogP contribution in [0.5, 0.6) is 0 Å². The number of fused-ring (bicyclic) bond motifs is 1. The Bertz CT molecular complexity index is 672. The number of benzene rings is 2. The number of nitrogens with two attached hydrogens (primary N) is 1. The van der Waals surface area contributed by atoms with Crippen LogP contribution < -0.4 is 5.73 Å². The summed E-state index contributed by atoms with van der Waals surface area (Å²) in [6.45, 7) is 0. The molecule has 0 amide bonds. The first kappa shape index (κ1) is 13.5. The van der Waals surface area contributed by atoms with Gasteiger partial charge in [0.1, 0.15) is 11.6 Å². The summed E-state index contributed by atoms with van der Waals surface area (Å²) in [7, 11) is 0. The highest BCUT2D eigenvalue weighted by Gasteiger charge is 2.35. The number of halogens is 3. The van der Waals surface area contributed by atoms with Gasteiger partial charge in [0, 0.05) is 10.6 Å².